The molecule has 0 aliphatic heterocycles. The zero-order valence-corrected chi connectivity index (χ0v) is 11.5. The Kier molecular flexibility index (Phi) is 4.27. The average Bonchev–Trinajstić information content (AvgIpc) is 2.76. The van der Waals surface area contributed by atoms with Gasteiger partial charge in [-0.2, -0.15) is 0 Å². The van der Waals surface area contributed by atoms with Gasteiger partial charge in [-0.15, -0.1) is 0 Å². The molecule has 0 saturated carbocycles. The van der Waals surface area contributed by atoms with Gasteiger partial charge in [0.05, 0.1) is 5.56 Å². The van der Waals surface area contributed by atoms with E-state index in [0.29, 0.717) is 17.1 Å². The van der Waals surface area contributed by atoms with E-state index >= 15 is 0 Å². The summed E-state index contributed by atoms with van der Waals surface area (Å²) in [4.78, 5) is 11.2. The van der Waals surface area contributed by atoms with Crippen LogP contribution in [-0.4, -0.2) is 15.6 Å². The summed E-state index contributed by atoms with van der Waals surface area (Å²) >= 11 is 6.14. The number of carboxylic acids is 1. The summed E-state index contributed by atoms with van der Waals surface area (Å²) in [6, 6.07) is 9.28. The Morgan fingerprint density at radius 1 is 1.32 bits per heavy atom. The number of rotatable bonds is 5. The van der Waals surface area contributed by atoms with Crippen molar-refractivity contribution in [2.75, 3.05) is 0 Å². The van der Waals surface area contributed by atoms with Crippen LogP contribution >= 0.6 is 11.6 Å². The van der Waals surface area contributed by atoms with Gasteiger partial charge < -0.3 is 9.67 Å². The standard InChI is InChI=1S/C15H16ClNO2/c1-2-5-14-12(15(18)19)8-9-17(14)10-11-6-3-4-7-13(11)16/h3-4,6-9H,2,5,10H2,1H3,(H,18,19). The third-order valence-electron chi connectivity index (χ3n) is 3.09. The van der Waals surface area contributed by atoms with Crippen molar-refractivity contribution in [3.63, 3.8) is 0 Å². The Hall–Kier alpha value is -1.74. The molecule has 0 bridgehead atoms. The van der Waals surface area contributed by atoms with Gasteiger partial charge in [0.25, 0.3) is 0 Å². The number of carboxylic acid groups (broad SMARTS) is 1. The maximum Gasteiger partial charge on any atom is 0.337 e. The molecular formula is C15H16ClNO2. The van der Waals surface area contributed by atoms with Crippen LogP contribution in [0.25, 0.3) is 0 Å². The van der Waals surface area contributed by atoms with E-state index in [1.54, 1.807) is 6.07 Å². The third-order valence-corrected chi connectivity index (χ3v) is 3.46. The molecule has 0 aliphatic carbocycles. The summed E-state index contributed by atoms with van der Waals surface area (Å²) in [6.07, 6.45) is 3.48. The second-order valence-electron chi connectivity index (χ2n) is 4.45. The number of aromatic carboxylic acids is 1. The van der Waals surface area contributed by atoms with Crippen LogP contribution < -0.4 is 0 Å². The SMILES string of the molecule is CCCc1c(C(=O)O)ccn1Cc1ccccc1Cl. The third kappa shape index (κ3) is 2.99. The topological polar surface area (TPSA) is 42.2 Å². The Labute approximate surface area is 117 Å². The highest BCUT2D eigenvalue weighted by molar-refractivity contribution is 6.31. The Balaban J connectivity index is 2.35. The van der Waals surface area contributed by atoms with Crippen LogP contribution in [0.4, 0.5) is 0 Å². The van der Waals surface area contributed by atoms with Crippen LogP contribution in [0.1, 0.15) is 35.0 Å². The molecule has 1 aromatic heterocycles. The molecule has 2 rings (SSSR count). The first-order valence-electron chi connectivity index (χ1n) is 6.28. The fourth-order valence-corrected chi connectivity index (χ4v) is 2.37. The van der Waals surface area contributed by atoms with Gasteiger partial charge in [0, 0.05) is 23.5 Å². The number of aromatic nitrogens is 1. The van der Waals surface area contributed by atoms with Crippen LogP contribution in [-0.2, 0) is 13.0 Å². The minimum absolute atomic E-state index is 0.383. The van der Waals surface area contributed by atoms with Gasteiger partial charge in [0.15, 0.2) is 0 Å². The second kappa shape index (κ2) is 5.93. The molecule has 1 aromatic carbocycles. The normalized spacial score (nSPS) is 10.6. The van der Waals surface area contributed by atoms with Crippen LogP contribution in [0.3, 0.4) is 0 Å². The molecule has 2 aromatic rings. The summed E-state index contributed by atoms with van der Waals surface area (Å²) in [5.74, 6) is -0.874. The van der Waals surface area contributed by atoms with Gasteiger partial charge in [0.1, 0.15) is 0 Å². The van der Waals surface area contributed by atoms with E-state index < -0.39 is 5.97 Å². The van der Waals surface area contributed by atoms with E-state index in [4.69, 9.17) is 11.6 Å². The lowest BCUT2D eigenvalue weighted by atomic mass is 10.1. The van der Waals surface area contributed by atoms with Crippen LogP contribution in [0.2, 0.25) is 5.02 Å². The number of benzene rings is 1. The first-order valence-corrected chi connectivity index (χ1v) is 6.66. The lowest BCUT2D eigenvalue weighted by molar-refractivity contribution is 0.0695. The Morgan fingerprint density at radius 3 is 2.68 bits per heavy atom. The molecule has 1 N–H and O–H groups in total. The van der Waals surface area contributed by atoms with E-state index in [-0.39, 0.29) is 0 Å². The molecular weight excluding hydrogens is 262 g/mol. The minimum Gasteiger partial charge on any atom is -0.478 e. The zero-order valence-electron chi connectivity index (χ0n) is 10.8. The minimum atomic E-state index is -0.874. The lowest BCUT2D eigenvalue weighted by Crippen LogP contribution is -2.08. The number of hydrogen-bond donors (Lipinski definition) is 1. The smallest absolute Gasteiger partial charge is 0.337 e. The molecule has 0 spiro atoms. The first-order chi connectivity index (χ1) is 9.13. The molecule has 0 saturated heterocycles. The van der Waals surface area contributed by atoms with Crippen LogP contribution in [0, 0.1) is 0 Å². The first kappa shape index (κ1) is 13.7. The van der Waals surface area contributed by atoms with Gasteiger partial charge in [0.2, 0.25) is 0 Å². The van der Waals surface area contributed by atoms with Crippen molar-refractivity contribution in [1.82, 2.24) is 4.57 Å². The maximum absolute atomic E-state index is 11.2. The highest BCUT2D eigenvalue weighted by Gasteiger charge is 2.14. The molecule has 3 nitrogen and oxygen atoms in total. The van der Waals surface area contributed by atoms with E-state index in [1.807, 2.05) is 42.0 Å². The van der Waals surface area contributed by atoms with Gasteiger partial charge >= 0.3 is 5.97 Å². The van der Waals surface area contributed by atoms with E-state index in [2.05, 4.69) is 0 Å². The van der Waals surface area contributed by atoms with Crippen molar-refractivity contribution in [3.05, 3.63) is 58.4 Å². The molecule has 0 fully saturated rings. The zero-order chi connectivity index (χ0) is 13.8. The molecule has 0 unspecified atom stereocenters. The average molecular weight is 278 g/mol. The number of carbonyl (C=O) groups is 1. The fourth-order valence-electron chi connectivity index (χ4n) is 2.17. The molecule has 4 heteroatoms. The van der Waals surface area contributed by atoms with Crippen molar-refractivity contribution in [3.8, 4) is 0 Å². The summed E-state index contributed by atoms with van der Waals surface area (Å²) in [5, 5.41) is 9.89. The molecule has 100 valence electrons. The maximum atomic E-state index is 11.2. The monoisotopic (exact) mass is 277 g/mol. The van der Waals surface area contributed by atoms with E-state index in [1.165, 1.54) is 0 Å². The van der Waals surface area contributed by atoms with Gasteiger partial charge in [-0.1, -0.05) is 43.1 Å². The molecule has 1 heterocycles. The van der Waals surface area contributed by atoms with Gasteiger partial charge in [-0.3, -0.25) is 0 Å². The van der Waals surface area contributed by atoms with Crippen LogP contribution in [0.15, 0.2) is 36.5 Å². The second-order valence-corrected chi connectivity index (χ2v) is 4.86. The van der Waals surface area contributed by atoms with Crippen molar-refractivity contribution >= 4 is 17.6 Å². The lowest BCUT2D eigenvalue weighted by Gasteiger charge is -2.11. The summed E-state index contributed by atoms with van der Waals surface area (Å²) in [7, 11) is 0. The Bertz CT molecular complexity index is 590. The molecule has 0 amide bonds. The molecule has 19 heavy (non-hydrogen) atoms. The summed E-state index contributed by atoms with van der Waals surface area (Å²) < 4.78 is 1.97. The van der Waals surface area contributed by atoms with Crippen molar-refractivity contribution in [2.45, 2.75) is 26.3 Å². The highest BCUT2D eigenvalue weighted by Crippen LogP contribution is 2.20. The van der Waals surface area contributed by atoms with Gasteiger partial charge in [-0.05, 0) is 24.1 Å². The predicted octanol–water partition coefficient (Wildman–Crippen LogP) is 3.84. The fraction of sp³-hybridized carbons (Fsp3) is 0.267. The van der Waals surface area contributed by atoms with E-state index in [9.17, 15) is 9.90 Å². The van der Waals surface area contributed by atoms with Crippen molar-refractivity contribution in [2.24, 2.45) is 0 Å². The number of nitrogens with zero attached hydrogens (tertiary/aromatic N) is 1. The summed E-state index contributed by atoms with van der Waals surface area (Å²) in [5.41, 5.74) is 2.23. The Morgan fingerprint density at radius 2 is 2.05 bits per heavy atom. The van der Waals surface area contributed by atoms with Crippen LogP contribution in [0.5, 0.6) is 0 Å². The molecule has 0 aliphatic rings. The molecule has 0 atom stereocenters. The largest absolute Gasteiger partial charge is 0.478 e. The van der Waals surface area contributed by atoms with E-state index in [0.717, 1.165) is 24.1 Å². The van der Waals surface area contributed by atoms with Crippen molar-refractivity contribution < 1.29 is 9.90 Å². The van der Waals surface area contributed by atoms with Gasteiger partial charge in [-0.25, -0.2) is 4.79 Å². The number of hydrogen-bond acceptors (Lipinski definition) is 1. The quantitative estimate of drug-likeness (QED) is 0.902. The number of halogens is 1. The van der Waals surface area contributed by atoms with Crippen molar-refractivity contribution in [1.29, 1.82) is 0 Å². The predicted molar refractivity (Wildman–Crippen MR) is 75.9 cm³/mol. The highest BCUT2D eigenvalue weighted by atomic mass is 35.5. The summed E-state index contributed by atoms with van der Waals surface area (Å²) in [6.45, 7) is 2.64. The molecule has 0 radical (unpaired) electrons.